The molecule has 1 fully saturated rings. The van der Waals surface area contributed by atoms with Gasteiger partial charge in [0.1, 0.15) is 0 Å². The summed E-state index contributed by atoms with van der Waals surface area (Å²) in [6, 6.07) is 0.481. The number of carbonyl (C=O) groups is 1. The van der Waals surface area contributed by atoms with Crippen molar-refractivity contribution in [2.75, 3.05) is 19.6 Å². The second-order valence-corrected chi connectivity index (χ2v) is 4.59. The summed E-state index contributed by atoms with van der Waals surface area (Å²) >= 11 is 0. The van der Waals surface area contributed by atoms with Crippen LogP contribution in [0.3, 0.4) is 0 Å². The van der Waals surface area contributed by atoms with Gasteiger partial charge >= 0.3 is 5.97 Å². The Bertz CT molecular complexity index is 207. The van der Waals surface area contributed by atoms with E-state index in [4.69, 9.17) is 5.11 Å². The molecule has 6 heteroatoms. The second-order valence-electron chi connectivity index (χ2n) is 4.59. The molecule has 0 saturated carbocycles. The van der Waals surface area contributed by atoms with Crippen LogP contribution in [0.5, 0.6) is 0 Å². The highest BCUT2D eigenvalue weighted by Gasteiger charge is 2.27. The molecule has 0 spiro atoms. The predicted octanol–water partition coefficient (Wildman–Crippen LogP) is 1.28. The monoisotopic (exact) mass is 272 g/mol. The van der Waals surface area contributed by atoms with E-state index in [1.807, 2.05) is 0 Å². The Balaban J connectivity index is 0. The second kappa shape index (κ2) is 8.12. The number of hydrogen-bond donors (Lipinski definition) is 3. The molecule has 0 amide bonds. The van der Waals surface area contributed by atoms with Gasteiger partial charge in [-0.1, -0.05) is 0 Å². The molecule has 3 N–H and O–H groups in total. The molecule has 16 heavy (non-hydrogen) atoms. The minimum atomic E-state index is -0.737. The van der Waals surface area contributed by atoms with Crippen molar-refractivity contribution in [1.29, 1.82) is 0 Å². The quantitative estimate of drug-likeness (QED) is 0.722. The van der Waals surface area contributed by atoms with Crippen molar-refractivity contribution >= 4 is 30.8 Å². The average molecular weight is 273 g/mol. The molecule has 98 valence electrons. The smallest absolute Gasteiger partial charge is 0.310 e. The van der Waals surface area contributed by atoms with Gasteiger partial charge in [-0.3, -0.25) is 4.79 Å². The number of halogens is 2. The Labute approximate surface area is 109 Å². The van der Waals surface area contributed by atoms with Gasteiger partial charge in [-0.15, -0.1) is 24.8 Å². The Morgan fingerprint density at radius 2 is 1.88 bits per heavy atom. The van der Waals surface area contributed by atoms with E-state index in [1.54, 1.807) is 13.8 Å². The molecule has 0 aromatic heterocycles. The van der Waals surface area contributed by atoms with E-state index in [9.17, 15) is 4.79 Å². The molecule has 1 rings (SSSR count). The summed E-state index contributed by atoms with van der Waals surface area (Å²) < 4.78 is 0. The van der Waals surface area contributed by atoms with E-state index >= 15 is 0 Å². The van der Waals surface area contributed by atoms with Gasteiger partial charge in [-0.2, -0.15) is 0 Å². The Hall–Kier alpha value is -0.0300. The predicted molar refractivity (Wildman–Crippen MR) is 69.8 cm³/mol. The molecule has 1 aliphatic rings. The lowest BCUT2D eigenvalue weighted by molar-refractivity contribution is -0.146. The number of rotatable bonds is 4. The summed E-state index contributed by atoms with van der Waals surface area (Å²) in [6.45, 7) is 6.12. The molecule has 4 nitrogen and oxygen atoms in total. The summed E-state index contributed by atoms with van der Waals surface area (Å²) in [5, 5.41) is 15.5. The molecule has 0 aromatic rings. The van der Waals surface area contributed by atoms with E-state index in [0.717, 1.165) is 25.9 Å². The lowest BCUT2D eigenvalue weighted by Gasteiger charge is -2.27. The molecule has 0 bridgehead atoms. The van der Waals surface area contributed by atoms with Crippen molar-refractivity contribution in [2.45, 2.75) is 32.7 Å². The number of piperidine rings is 1. The van der Waals surface area contributed by atoms with Crippen molar-refractivity contribution in [3.63, 3.8) is 0 Å². The van der Waals surface area contributed by atoms with Gasteiger partial charge in [0.2, 0.25) is 0 Å². The fourth-order valence-electron chi connectivity index (χ4n) is 1.50. The zero-order valence-electron chi connectivity index (χ0n) is 9.78. The third-order valence-corrected chi connectivity index (χ3v) is 2.75. The lowest BCUT2D eigenvalue weighted by atomic mass is 9.93. The third kappa shape index (κ3) is 5.89. The zero-order valence-corrected chi connectivity index (χ0v) is 11.4. The zero-order chi connectivity index (χ0) is 10.6. The molecule has 0 radical (unpaired) electrons. The summed E-state index contributed by atoms with van der Waals surface area (Å²) in [6.07, 6.45) is 2.19. The molecule has 1 heterocycles. The van der Waals surface area contributed by atoms with Gasteiger partial charge in [0.05, 0.1) is 5.41 Å². The van der Waals surface area contributed by atoms with Gasteiger partial charge < -0.3 is 15.7 Å². The van der Waals surface area contributed by atoms with Gasteiger partial charge in [0.25, 0.3) is 0 Å². The summed E-state index contributed by atoms with van der Waals surface area (Å²) in [4.78, 5) is 10.8. The molecule has 0 aromatic carbocycles. The van der Waals surface area contributed by atoms with E-state index in [1.165, 1.54) is 0 Å². The first-order chi connectivity index (χ1) is 6.52. The van der Waals surface area contributed by atoms with Gasteiger partial charge in [-0.25, -0.2) is 0 Å². The summed E-state index contributed by atoms with van der Waals surface area (Å²) in [5.74, 6) is -0.737. The highest BCUT2D eigenvalue weighted by molar-refractivity contribution is 5.85. The highest BCUT2D eigenvalue weighted by atomic mass is 35.5. The van der Waals surface area contributed by atoms with Crippen molar-refractivity contribution < 1.29 is 9.90 Å². The van der Waals surface area contributed by atoms with Crippen LogP contribution in [0.1, 0.15) is 26.7 Å². The fraction of sp³-hybridized carbons (Fsp3) is 0.900. The van der Waals surface area contributed by atoms with E-state index < -0.39 is 11.4 Å². The van der Waals surface area contributed by atoms with Crippen LogP contribution in [-0.4, -0.2) is 36.8 Å². The molecule has 1 aliphatic heterocycles. The largest absolute Gasteiger partial charge is 0.481 e. The van der Waals surface area contributed by atoms with Crippen molar-refractivity contribution in [3.05, 3.63) is 0 Å². The highest BCUT2D eigenvalue weighted by Crippen LogP contribution is 2.14. The van der Waals surface area contributed by atoms with Crippen LogP contribution in [0.4, 0.5) is 0 Å². The van der Waals surface area contributed by atoms with Gasteiger partial charge in [0.15, 0.2) is 0 Å². The Morgan fingerprint density at radius 1 is 1.38 bits per heavy atom. The fourth-order valence-corrected chi connectivity index (χ4v) is 1.50. The van der Waals surface area contributed by atoms with E-state index in [0.29, 0.717) is 12.6 Å². The SMILES string of the molecule is CC(C)(CNC1CCNCC1)C(=O)O.Cl.Cl. The van der Waals surface area contributed by atoms with Crippen molar-refractivity contribution in [3.8, 4) is 0 Å². The van der Waals surface area contributed by atoms with Crippen molar-refractivity contribution in [1.82, 2.24) is 10.6 Å². The maximum Gasteiger partial charge on any atom is 0.310 e. The first-order valence-electron chi connectivity index (χ1n) is 5.20. The van der Waals surface area contributed by atoms with Crippen LogP contribution in [0.15, 0.2) is 0 Å². The first kappa shape index (κ1) is 18.3. The van der Waals surface area contributed by atoms with Gasteiger partial charge in [-0.05, 0) is 39.8 Å². The molecule has 0 atom stereocenters. The topological polar surface area (TPSA) is 61.4 Å². The maximum absolute atomic E-state index is 10.8. The summed E-state index contributed by atoms with van der Waals surface area (Å²) in [7, 11) is 0. The Kier molecular flexibility index (Phi) is 9.30. The average Bonchev–Trinajstić information content (AvgIpc) is 2.16. The number of carboxylic acids is 1. The van der Waals surface area contributed by atoms with Crippen LogP contribution in [0, 0.1) is 5.41 Å². The number of carboxylic acid groups (broad SMARTS) is 1. The number of nitrogens with one attached hydrogen (secondary N) is 2. The van der Waals surface area contributed by atoms with Gasteiger partial charge in [0, 0.05) is 12.6 Å². The van der Waals surface area contributed by atoms with Crippen LogP contribution in [0.2, 0.25) is 0 Å². The van der Waals surface area contributed by atoms with Crippen LogP contribution in [0.25, 0.3) is 0 Å². The lowest BCUT2D eigenvalue weighted by Crippen LogP contribution is -2.45. The maximum atomic E-state index is 10.8. The van der Waals surface area contributed by atoms with Crippen LogP contribution >= 0.6 is 24.8 Å². The van der Waals surface area contributed by atoms with Crippen LogP contribution in [-0.2, 0) is 4.79 Å². The number of aliphatic carboxylic acids is 1. The normalized spacial score (nSPS) is 17.1. The minimum Gasteiger partial charge on any atom is -0.481 e. The molecular weight excluding hydrogens is 251 g/mol. The van der Waals surface area contributed by atoms with E-state index in [-0.39, 0.29) is 24.8 Å². The van der Waals surface area contributed by atoms with E-state index in [2.05, 4.69) is 10.6 Å². The molecule has 0 aliphatic carbocycles. The van der Waals surface area contributed by atoms with Crippen LogP contribution < -0.4 is 10.6 Å². The standard InChI is InChI=1S/C10H20N2O2.2ClH/c1-10(2,9(13)14)7-12-8-3-5-11-6-4-8;;/h8,11-12H,3-7H2,1-2H3,(H,13,14);2*1H. The molecular formula is C10H22Cl2N2O2. The molecule has 1 saturated heterocycles. The third-order valence-electron chi connectivity index (χ3n) is 2.75. The Morgan fingerprint density at radius 3 is 2.31 bits per heavy atom. The minimum absolute atomic E-state index is 0. The first-order valence-corrected chi connectivity index (χ1v) is 5.20. The number of hydrogen-bond acceptors (Lipinski definition) is 3. The van der Waals surface area contributed by atoms with Crippen molar-refractivity contribution in [2.24, 2.45) is 5.41 Å². The molecule has 0 unspecified atom stereocenters. The summed E-state index contributed by atoms with van der Waals surface area (Å²) in [5.41, 5.74) is -0.662.